The summed E-state index contributed by atoms with van der Waals surface area (Å²) in [6, 6.07) is 12.5. The predicted octanol–water partition coefficient (Wildman–Crippen LogP) is 3.06. The molecule has 0 unspecified atom stereocenters. The van der Waals surface area contributed by atoms with Crippen LogP contribution in [-0.2, 0) is 9.53 Å². The van der Waals surface area contributed by atoms with Crippen LogP contribution in [-0.4, -0.2) is 33.2 Å². The number of hydrogen-bond donors (Lipinski definition) is 0. The smallest absolute Gasteiger partial charge is 0.363 e. The highest BCUT2D eigenvalue weighted by molar-refractivity contribution is 6.13. The van der Waals surface area contributed by atoms with Gasteiger partial charge in [0.25, 0.3) is 0 Å². The van der Waals surface area contributed by atoms with Crippen LogP contribution >= 0.6 is 0 Å². The third-order valence-electron chi connectivity index (χ3n) is 3.61. The summed E-state index contributed by atoms with van der Waals surface area (Å²) in [7, 11) is 4.70. The van der Waals surface area contributed by atoms with Gasteiger partial charge in [0.05, 0.1) is 21.3 Å². The number of cyclic esters (lactones) is 1. The molecule has 1 aliphatic heterocycles. The number of hydrogen-bond acceptors (Lipinski definition) is 6. The van der Waals surface area contributed by atoms with Crippen molar-refractivity contribution in [3.63, 3.8) is 0 Å². The lowest BCUT2D eigenvalue weighted by atomic mass is 10.1. The van der Waals surface area contributed by atoms with Gasteiger partial charge < -0.3 is 18.9 Å². The van der Waals surface area contributed by atoms with E-state index in [0.717, 1.165) is 5.56 Å². The van der Waals surface area contributed by atoms with Crippen LogP contribution < -0.4 is 14.2 Å². The zero-order valence-corrected chi connectivity index (χ0v) is 14.1. The molecule has 128 valence electrons. The Morgan fingerprint density at radius 3 is 2.24 bits per heavy atom. The van der Waals surface area contributed by atoms with E-state index in [9.17, 15) is 4.79 Å². The number of carbonyl (C=O) groups excluding carboxylic acids is 1. The van der Waals surface area contributed by atoms with Crippen LogP contribution in [0.3, 0.4) is 0 Å². The van der Waals surface area contributed by atoms with Crippen LogP contribution in [0.15, 0.2) is 53.2 Å². The lowest BCUT2D eigenvalue weighted by molar-refractivity contribution is -0.129. The maximum atomic E-state index is 12.1. The van der Waals surface area contributed by atoms with E-state index in [1.165, 1.54) is 0 Å². The number of ether oxygens (including phenoxy) is 4. The number of rotatable bonds is 5. The summed E-state index contributed by atoms with van der Waals surface area (Å²) in [6.07, 6.45) is 1.63. The summed E-state index contributed by atoms with van der Waals surface area (Å²) in [6.45, 7) is 0. The van der Waals surface area contributed by atoms with Gasteiger partial charge in [0.1, 0.15) is 17.2 Å². The molecule has 0 aromatic heterocycles. The summed E-state index contributed by atoms with van der Waals surface area (Å²) < 4.78 is 20.9. The Kier molecular flexibility index (Phi) is 4.70. The van der Waals surface area contributed by atoms with E-state index < -0.39 is 5.97 Å². The van der Waals surface area contributed by atoms with E-state index in [4.69, 9.17) is 18.9 Å². The third-order valence-corrected chi connectivity index (χ3v) is 3.61. The standard InChI is InChI=1S/C19H17NO5/c1-22-14-6-4-5-13(10-14)18-20-17(19(21)25-18)9-12-7-15(23-2)11-16(8-12)24-3/h4-11H,1-3H3. The minimum atomic E-state index is -0.514. The van der Waals surface area contributed by atoms with Gasteiger partial charge in [-0.25, -0.2) is 9.79 Å². The molecular formula is C19H17NO5. The van der Waals surface area contributed by atoms with Crippen molar-refractivity contribution in [1.82, 2.24) is 0 Å². The molecule has 0 atom stereocenters. The molecule has 0 spiro atoms. The van der Waals surface area contributed by atoms with E-state index in [2.05, 4.69) is 4.99 Å². The van der Waals surface area contributed by atoms with Crippen LogP contribution in [0.5, 0.6) is 17.2 Å². The van der Waals surface area contributed by atoms with Gasteiger partial charge in [0, 0.05) is 11.6 Å². The molecular weight excluding hydrogens is 322 g/mol. The number of benzene rings is 2. The molecule has 3 rings (SSSR count). The fourth-order valence-electron chi connectivity index (χ4n) is 2.36. The Labute approximate surface area is 145 Å². The molecule has 0 amide bonds. The zero-order valence-electron chi connectivity index (χ0n) is 14.1. The van der Waals surface area contributed by atoms with Crippen LogP contribution in [0.4, 0.5) is 0 Å². The molecule has 1 heterocycles. The Morgan fingerprint density at radius 1 is 0.920 bits per heavy atom. The Bertz CT molecular complexity index is 848. The topological polar surface area (TPSA) is 66.3 Å². The monoisotopic (exact) mass is 339 g/mol. The van der Waals surface area contributed by atoms with E-state index >= 15 is 0 Å². The van der Waals surface area contributed by atoms with Gasteiger partial charge in [-0.15, -0.1) is 0 Å². The highest BCUT2D eigenvalue weighted by Crippen LogP contribution is 2.26. The SMILES string of the molecule is COc1cc(C=C2N=C(c3cccc(OC)c3)OC2=O)cc(OC)c1. The average Bonchev–Trinajstić information content (AvgIpc) is 3.02. The van der Waals surface area contributed by atoms with E-state index in [-0.39, 0.29) is 11.6 Å². The summed E-state index contributed by atoms with van der Waals surface area (Å²) in [5.74, 6) is 1.62. The Hall–Kier alpha value is -3.28. The van der Waals surface area contributed by atoms with Crippen LogP contribution in [0.1, 0.15) is 11.1 Å². The minimum Gasteiger partial charge on any atom is -0.497 e. The van der Waals surface area contributed by atoms with Crippen LogP contribution in [0.2, 0.25) is 0 Å². The van der Waals surface area contributed by atoms with Crippen LogP contribution in [0.25, 0.3) is 6.08 Å². The van der Waals surface area contributed by atoms with Gasteiger partial charge in [-0.2, -0.15) is 0 Å². The van der Waals surface area contributed by atoms with Gasteiger partial charge in [-0.05, 0) is 42.0 Å². The van der Waals surface area contributed by atoms with E-state index in [1.807, 2.05) is 0 Å². The predicted molar refractivity (Wildman–Crippen MR) is 93.1 cm³/mol. The number of methoxy groups -OCH3 is 3. The molecule has 2 aromatic carbocycles. The highest BCUT2D eigenvalue weighted by Gasteiger charge is 2.24. The first-order valence-corrected chi connectivity index (χ1v) is 7.53. The summed E-state index contributed by atoms with van der Waals surface area (Å²) in [5.41, 5.74) is 1.59. The van der Waals surface area contributed by atoms with Gasteiger partial charge in [0.2, 0.25) is 5.90 Å². The summed E-state index contributed by atoms with van der Waals surface area (Å²) >= 11 is 0. The number of aliphatic imine (C=N–C) groups is 1. The van der Waals surface area contributed by atoms with Gasteiger partial charge in [-0.1, -0.05) is 6.07 Å². The van der Waals surface area contributed by atoms with Gasteiger partial charge >= 0.3 is 5.97 Å². The second-order valence-corrected chi connectivity index (χ2v) is 5.21. The zero-order chi connectivity index (χ0) is 17.8. The molecule has 6 heteroatoms. The third kappa shape index (κ3) is 3.63. The first-order valence-electron chi connectivity index (χ1n) is 7.53. The van der Waals surface area contributed by atoms with Gasteiger partial charge in [-0.3, -0.25) is 0 Å². The van der Waals surface area contributed by atoms with Crippen LogP contribution in [0, 0.1) is 0 Å². The van der Waals surface area contributed by atoms with Crippen molar-refractivity contribution in [2.75, 3.05) is 21.3 Å². The number of nitrogens with zero attached hydrogens (tertiary/aromatic N) is 1. The molecule has 0 bridgehead atoms. The molecule has 6 nitrogen and oxygen atoms in total. The molecule has 0 saturated heterocycles. The van der Waals surface area contributed by atoms with Gasteiger partial charge in [0.15, 0.2) is 5.70 Å². The van der Waals surface area contributed by atoms with E-state index in [1.54, 1.807) is 69.9 Å². The molecule has 1 aliphatic rings. The normalized spacial score (nSPS) is 14.9. The molecule has 0 saturated carbocycles. The fourth-order valence-corrected chi connectivity index (χ4v) is 2.36. The highest BCUT2D eigenvalue weighted by atomic mass is 16.6. The first-order chi connectivity index (χ1) is 12.1. The molecule has 0 N–H and O–H groups in total. The molecule has 0 aliphatic carbocycles. The Balaban J connectivity index is 1.95. The maximum absolute atomic E-state index is 12.1. The van der Waals surface area contributed by atoms with Crippen molar-refractivity contribution in [2.24, 2.45) is 4.99 Å². The molecule has 25 heavy (non-hydrogen) atoms. The number of esters is 1. The summed E-state index contributed by atoms with van der Waals surface area (Å²) in [4.78, 5) is 16.4. The lowest BCUT2D eigenvalue weighted by Gasteiger charge is -2.05. The quantitative estimate of drug-likeness (QED) is 0.619. The molecule has 0 fully saturated rings. The average molecular weight is 339 g/mol. The molecule has 0 radical (unpaired) electrons. The van der Waals surface area contributed by atoms with Crippen molar-refractivity contribution in [3.05, 3.63) is 59.3 Å². The number of carbonyl (C=O) groups is 1. The first kappa shape index (κ1) is 16.6. The van der Waals surface area contributed by atoms with Crippen molar-refractivity contribution in [1.29, 1.82) is 0 Å². The Morgan fingerprint density at radius 2 is 1.60 bits per heavy atom. The van der Waals surface area contributed by atoms with Crippen molar-refractivity contribution >= 4 is 17.9 Å². The lowest BCUT2D eigenvalue weighted by Crippen LogP contribution is -2.05. The van der Waals surface area contributed by atoms with E-state index in [0.29, 0.717) is 22.8 Å². The second-order valence-electron chi connectivity index (χ2n) is 5.21. The molecule has 2 aromatic rings. The fraction of sp³-hybridized carbons (Fsp3) is 0.158. The van der Waals surface area contributed by atoms with Crippen molar-refractivity contribution < 1.29 is 23.7 Å². The van der Waals surface area contributed by atoms with Crippen molar-refractivity contribution in [3.8, 4) is 17.2 Å². The van der Waals surface area contributed by atoms with Crippen molar-refractivity contribution in [2.45, 2.75) is 0 Å². The summed E-state index contributed by atoms with van der Waals surface area (Å²) in [5, 5.41) is 0. The largest absolute Gasteiger partial charge is 0.497 e. The maximum Gasteiger partial charge on any atom is 0.363 e. The minimum absolute atomic E-state index is 0.202. The second kappa shape index (κ2) is 7.09.